The number of hydrogen-bond donors (Lipinski definition) is 1. The minimum absolute atomic E-state index is 0.131. The minimum atomic E-state index is -5.03. The maximum Gasteiger partial charge on any atom is 0.439 e. The van der Waals surface area contributed by atoms with E-state index in [4.69, 9.17) is 9.47 Å². The van der Waals surface area contributed by atoms with Gasteiger partial charge in [0.25, 0.3) is 11.6 Å². The van der Waals surface area contributed by atoms with E-state index in [1.54, 1.807) is 18.2 Å². The molecule has 6 nitrogen and oxygen atoms in total. The number of halogens is 3. The van der Waals surface area contributed by atoms with Crippen molar-refractivity contribution in [1.29, 1.82) is 0 Å². The van der Waals surface area contributed by atoms with E-state index < -0.39 is 30.3 Å². The van der Waals surface area contributed by atoms with E-state index in [2.05, 4.69) is 5.10 Å². The summed E-state index contributed by atoms with van der Waals surface area (Å²) < 4.78 is 51.3. The molecule has 3 rings (SSSR count). The highest BCUT2D eigenvalue weighted by molar-refractivity contribution is 5.93. The van der Waals surface area contributed by atoms with Gasteiger partial charge in [-0.25, -0.2) is 0 Å². The van der Waals surface area contributed by atoms with Crippen LogP contribution in [0.5, 0.6) is 11.5 Å². The number of carbonyl (C=O) groups excluding carboxylic acids is 1. The molecule has 0 bridgehead atoms. The molecule has 0 saturated heterocycles. The van der Waals surface area contributed by atoms with Gasteiger partial charge in [-0.1, -0.05) is 18.6 Å². The van der Waals surface area contributed by atoms with Gasteiger partial charge in [-0.15, -0.1) is 0 Å². The summed E-state index contributed by atoms with van der Waals surface area (Å²) >= 11 is 0. The standard InChI is InChI=1S/C17H19F3N2O4/c1-25-13-8-4-5-9-14(13)26-10-15(23)22-16(24,17(18,19)20)11-6-2-3-7-12(11)21-22/h4-5,8-9,11,24H,2-3,6-7,10H2,1H3/t11-,16-/m1/s1. The fourth-order valence-corrected chi connectivity index (χ4v) is 3.40. The number of nitrogens with zero attached hydrogens (tertiary/aromatic N) is 2. The molecule has 1 amide bonds. The largest absolute Gasteiger partial charge is 0.493 e. The number of fused-ring (bicyclic) bond motifs is 1. The molecule has 0 radical (unpaired) electrons. The molecule has 0 spiro atoms. The van der Waals surface area contributed by atoms with Crippen LogP contribution in [0.15, 0.2) is 29.4 Å². The summed E-state index contributed by atoms with van der Waals surface area (Å²) in [5.41, 5.74) is -3.12. The molecule has 1 aliphatic carbocycles. The lowest BCUT2D eigenvalue weighted by Crippen LogP contribution is -2.62. The lowest BCUT2D eigenvalue weighted by atomic mass is 9.80. The Morgan fingerprint density at radius 1 is 1.35 bits per heavy atom. The molecule has 1 aliphatic heterocycles. The number of methoxy groups -OCH3 is 1. The van der Waals surface area contributed by atoms with Crippen LogP contribution < -0.4 is 9.47 Å². The zero-order chi connectivity index (χ0) is 18.9. The normalized spacial score (nSPS) is 25.5. The van der Waals surface area contributed by atoms with Crippen molar-refractivity contribution >= 4 is 11.6 Å². The van der Waals surface area contributed by atoms with Crippen LogP contribution in [0.25, 0.3) is 0 Å². The molecule has 1 aromatic carbocycles. The first-order valence-electron chi connectivity index (χ1n) is 8.24. The van der Waals surface area contributed by atoms with Gasteiger partial charge in [-0.2, -0.15) is 23.3 Å². The van der Waals surface area contributed by atoms with Gasteiger partial charge in [0.2, 0.25) is 0 Å². The molecule has 1 saturated carbocycles. The quantitative estimate of drug-likeness (QED) is 0.882. The summed E-state index contributed by atoms with van der Waals surface area (Å²) in [7, 11) is 1.41. The lowest BCUT2D eigenvalue weighted by Gasteiger charge is -2.38. The van der Waals surface area contributed by atoms with Gasteiger partial charge < -0.3 is 14.6 Å². The molecule has 9 heteroatoms. The van der Waals surface area contributed by atoms with Gasteiger partial charge in [0.1, 0.15) is 0 Å². The molecule has 142 valence electrons. The Hall–Kier alpha value is -2.29. The predicted molar refractivity (Wildman–Crippen MR) is 85.7 cm³/mol. The average Bonchev–Trinajstić information content (AvgIpc) is 2.94. The van der Waals surface area contributed by atoms with Crippen molar-refractivity contribution in [3.8, 4) is 11.5 Å². The zero-order valence-corrected chi connectivity index (χ0v) is 14.1. The van der Waals surface area contributed by atoms with Crippen LogP contribution >= 0.6 is 0 Å². The zero-order valence-electron chi connectivity index (χ0n) is 14.1. The van der Waals surface area contributed by atoms with Crippen LogP contribution in [0.2, 0.25) is 0 Å². The highest BCUT2D eigenvalue weighted by Gasteiger charge is 2.68. The van der Waals surface area contributed by atoms with Gasteiger partial charge in [-0.3, -0.25) is 4.79 Å². The first kappa shape index (κ1) is 18.5. The first-order chi connectivity index (χ1) is 12.3. The number of para-hydroxylation sites is 2. The molecule has 1 heterocycles. The molecule has 1 fully saturated rings. The van der Waals surface area contributed by atoms with Gasteiger partial charge in [0.05, 0.1) is 13.0 Å². The average molecular weight is 372 g/mol. The Morgan fingerprint density at radius 2 is 2.04 bits per heavy atom. The fourth-order valence-electron chi connectivity index (χ4n) is 3.40. The topological polar surface area (TPSA) is 71.4 Å². The van der Waals surface area contributed by atoms with Crippen molar-refractivity contribution < 1.29 is 32.5 Å². The van der Waals surface area contributed by atoms with Gasteiger partial charge in [0.15, 0.2) is 18.1 Å². The highest BCUT2D eigenvalue weighted by Crippen LogP contribution is 2.48. The number of benzene rings is 1. The summed E-state index contributed by atoms with van der Waals surface area (Å²) in [6.45, 7) is -0.706. The third-order valence-electron chi connectivity index (χ3n) is 4.69. The molecule has 1 N–H and O–H groups in total. The number of ether oxygens (including phenoxy) is 2. The van der Waals surface area contributed by atoms with Crippen LogP contribution in [-0.4, -0.2) is 47.4 Å². The van der Waals surface area contributed by atoms with Crippen molar-refractivity contribution in [2.75, 3.05) is 13.7 Å². The van der Waals surface area contributed by atoms with Crippen molar-refractivity contribution in [2.45, 2.75) is 37.6 Å². The van der Waals surface area contributed by atoms with Crippen LogP contribution in [0.3, 0.4) is 0 Å². The van der Waals surface area contributed by atoms with E-state index in [1.165, 1.54) is 13.2 Å². The number of hydrazone groups is 1. The second-order valence-corrected chi connectivity index (χ2v) is 6.26. The lowest BCUT2D eigenvalue weighted by molar-refractivity contribution is -0.317. The molecular formula is C17H19F3N2O4. The summed E-state index contributed by atoms with van der Waals surface area (Å²) in [5.74, 6) is -1.75. The van der Waals surface area contributed by atoms with E-state index in [0.717, 1.165) is 0 Å². The van der Waals surface area contributed by atoms with Crippen LogP contribution in [0, 0.1) is 5.92 Å². The Labute approximate surface area is 148 Å². The molecule has 2 aliphatic rings. The van der Waals surface area contributed by atoms with E-state index in [0.29, 0.717) is 25.0 Å². The maximum atomic E-state index is 13.6. The van der Waals surface area contributed by atoms with E-state index >= 15 is 0 Å². The fraction of sp³-hybridized carbons (Fsp3) is 0.529. The number of carbonyl (C=O) groups is 1. The molecule has 2 atom stereocenters. The Kier molecular flexibility index (Phi) is 4.83. The second kappa shape index (κ2) is 6.79. The monoisotopic (exact) mass is 372 g/mol. The SMILES string of the molecule is COc1ccccc1OCC(=O)N1N=C2CCCC[C@H]2[C@@]1(O)C(F)(F)F. The second-order valence-electron chi connectivity index (χ2n) is 6.26. The molecule has 0 aromatic heterocycles. The van der Waals surface area contributed by atoms with Crippen molar-refractivity contribution in [3.05, 3.63) is 24.3 Å². The van der Waals surface area contributed by atoms with E-state index in [9.17, 15) is 23.1 Å². The molecular weight excluding hydrogens is 353 g/mol. The molecule has 0 unspecified atom stereocenters. The summed E-state index contributed by atoms with van der Waals surface area (Å²) in [6, 6.07) is 6.44. The Balaban J connectivity index is 1.81. The number of alkyl halides is 3. The summed E-state index contributed by atoms with van der Waals surface area (Å²) in [5, 5.41) is 14.4. The number of hydrogen-bond acceptors (Lipinski definition) is 5. The van der Waals surface area contributed by atoms with Crippen LogP contribution in [0.4, 0.5) is 13.2 Å². The highest BCUT2D eigenvalue weighted by atomic mass is 19.4. The van der Waals surface area contributed by atoms with Gasteiger partial charge in [0, 0.05) is 5.71 Å². The van der Waals surface area contributed by atoms with Gasteiger partial charge >= 0.3 is 6.18 Å². The molecule has 1 aromatic rings. The van der Waals surface area contributed by atoms with Crippen molar-refractivity contribution in [3.63, 3.8) is 0 Å². The van der Waals surface area contributed by atoms with Gasteiger partial charge in [-0.05, 0) is 31.4 Å². The van der Waals surface area contributed by atoms with Crippen LogP contribution in [0.1, 0.15) is 25.7 Å². The smallest absolute Gasteiger partial charge is 0.439 e. The third-order valence-corrected chi connectivity index (χ3v) is 4.69. The predicted octanol–water partition coefficient (Wildman–Crippen LogP) is 2.71. The Morgan fingerprint density at radius 3 is 2.69 bits per heavy atom. The number of amides is 1. The third kappa shape index (κ3) is 3.00. The van der Waals surface area contributed by atoms with E-state index in [1.807, 2.05) is 0 Å². The molecule has 26 heavy (non-hydrogen) atoms. The number of rotatable bonds is 4. The number of aliphatic hydroxyl groups is 1. The minimum Gasteiger partial charge on any atom is -0.493 e. The van der Waals surface area contributed by atoms with Crippen molar-refractivity contribution in [1.82, 2.24) is 5.01 Å². The maximum absolute atomic E-state index is 13.6. The Bertz CT molecular complexity index is 722. The summed E-state index contributed by atoms with van der Waals surface area (Å²) in [4.78, 5) is 12.4. The van der Waals surface area contributed by atoms with Crippen molar-refractivity contribution in [2.24, 2.45) is 11.0 Å². The van der Waals surface area contributed by atoms with E-state index in [-0.39, 0.29) is 22.9 Å². The summed E-state index contributed by atoms with van der Waals surface area (Å²) in [6.07, 6.45) is -3.34. The first-order valence-corrected chi connectivity index (χ1v) is 8.24. The van der Waals surface area contributed by atoms with Crippen LogP contribution in [-0.2, 0) is 4.79 Å².